The Bertz CT molecular complexity index is 2400. The van der Waals surface area contributed by atoms with Crippen LogP contribution in [0.4, 0.5) is 11.4 Å². The number of para-hydroxylation sites is 2. The number of hydrogen-bond donors (Lipinski definition) is 1. The molecule has 0 radical (unpaired) electrons. The van der Waals surface area contributed by atoms with E-state index in [0.717, 1.165) is 50.0 Å². The van der Waals surface area contributed by atoms with E-state index in [1.165, 1.54) is 38.1 Å². The van der Waals surface area contributed by atoms with Crippen molar-refractivity contribution < 1.29 is 0 Å². The van der Waals surface area contributed by atoms with Crippen molar-refractivity contribution in [3.05, 3.63) is 155 Å². The molecular weight excluding hydrogens is 498 g/mol. The second-order valence-electron chi connectivity index (χ2n) is 10.6. The smallest absolute Gasteiger partial charge is 0.0817 e. The third-order valence-electron chi connectivity index (χ3n) is 8.36. The molecule has 2 aliphatic rings. The number of aromatic nitrogens is 1. The number of aromatic amines is 1. The SMILES string of the molecule is c1ccc(-c2ccc3c(c2-c2[nH]c4ccccc4c2-c2ccccc2)-c2c4c(ccc2=N3)=c2ccccc2=N4)cc1. The first-order valence-electron chi connectivity index (χ1n) is 13.9. The molecule has 0 saturated heterocycles. The van der Waals surface area contributed by atoms with Crippen molar-refractivity contribution >= 4 is 22.3 Å². The zero-order valence-electron chi connectivity index (χ0n) is 22.1. The van der Waals surface area contributed by atoms with Crippen molar-refractivity contribution in [3.63, 3.8) is 0 Å². The summed E-state index contributed by atoms with van der Waals surface area (Å²) in [4.78, 5) is 14.2. The molecule has 3 heterocycles. The quantitative estimate of drug-likeness (QED) is 0.242. The Kier molecular flexibility index (Phi) is 4.61. The molecule has 0 fully saturated rings. The minimum Gasteiger partial charge on any atom is -0.354 e. The van der Waals surface area contributed by atoms with Gasteiger partial charge in [0, 0.05) is 43.6 Å². The molecule has 9 rings (SSSR count). The third-order valence-corrected chi connectivity index (χ3v) is 8.36. The summed E-state index contributed by atoms with van der Waals surface area (Å²) >= 11 is 0. The lowest BCUT2D eigenvalue weighted by Crippen LogP contribution is -2.01. The van der Waals surface area contributed by atoms with Crippen LogP contribution in [0.5, 0.6) is 0 Å². The number of fused-ring (bicyclic) bond motifs is 7. The number of nitrogens with one attached hydrogen (secondary N) is 1. The van der Waals surface area contributed by atoms with Gasteiger partial charge in [-0.2, -0.15) is 0 Å². The summed E-state index contributed by atoms with van der Waals surface area (Å²) < 4.78 is 0. The summed E-state index contributed by atoms with van der Waals surface area (Å²) in [6.45, 7) is 0. The number of rotatable bonds is 3. The predicted octanol–water partition coefficient (Wildman–Crippen LogP) is 8.65. The van der Waals surface area contributed by atoms with Gasteiger partial charge in [0.1, 0.15) is 0 Å². The molecule has 7 aromatic rings. The van der Waals surface area contributed by atoms with E-state index < -0.39 is 0 Å². The molecule has 0 saturated carbocycles. The summed E-state index contributed by atoms with van der Waals surface area (Å²) in [6, 6.07) is 47.1. The summed E-state index contributed by atoms with van der Waals surface area (Å²) in [5.74, 6) is 0. The summed E-state index contributed by atoms with van der Waals surface area (Å²) in [6.07, 6.45) is 0. The Morgan fingerprint density at radius 3 is 2.02 bits per heavy atom. The number of benzene rings is 6. The van der Waals surface area contributed by atoms with Gasteiger partial charge in [0.15, 0.2) is 0 Å². The lowest BCUT2D eigenvalue weighted by atomic mass is 9.86. The molecule has 0 aliphatic carbocycles. The van der Waals surface area contributed by atoms with Gasteiger partial charge in [-0.25, -0.2) is 9.98 Å². The number of H-pyrrole nitrogens is 1. The van der Waals surface area contributed by atoms with E-state index in [0.29, 0.717) is 0 Å². The second-order valence-corrected chi connectivity index (χ2v) is 10.6. The monoisotopic (exact) mass is 521 g/mol. The highest BCUT2D eigenvalue weighted by molar-refractivity contribution is 6.11. The molecule has 0 atom stereocenters. The van der Waals surface area contributed by atoms with Crippen LogP contribution >= 0.6 is 0 Å². The van der Waals surface area contributed by atoms with Crippen molar-refractivity contribution in [2.75, 3.05) is 0 Å². The molecule has 3 nitrogen and oxygen atoms in total. The Labute approximate surface area is 236 Å². The zero-order valence-corrected chi connectivity index (χ0v) is 22.1. The average molecular weight is 522 g/mol. The normalized spacial score (nSPS) is 12.3. The lowest BCUT2D eigenvalue weighted by molar-refractivity contribution is 1.36. The number of nitrogens with zero attached hydrogens (tertiary/aromatic N) is 2. The highest BCUT2D eigenvalue weighted by atomic mass is 14.8. The van der Waals surface area contributed by atoms with Gasteiger partial charge in [-0.05, 0) is 47.0 Å². The van der Waals surface area contributed by atoms with E-state index >= 15 is 0 Å². The van der Waals surface area contributed by atoms with E-state index in [-0.39, 0.29) is 0 Å². The Morgan fingerprint density at radius 1 is 0.439 bits per heavy atom. The van der Waals surface area contributed by atoms with Gasteiger partial charge in [-0.3, -0.25) is 0 Å². The lowest BCUT2D eigenvalue weighted by Gasteiger charge is -2.17. The van der Waals surface area contributed by atoms with E-state index in [9.17, 15) is 0 Å². The van der Waals surface area contributed by atoms with Crippen LogP contribution in [-0.4, -0.2) is 4.98 Å². The van der Waals surface area contributed by atoms with Gasteiger partial charge in [0.05, 0.1) is 27.8 Å². The molecule has 0 bridgehead atoms. The van der Waals surface area contributed by atoms with Crippen LogP contribution in [0.15, 0.2) is 143 Å². The fraction of sp³-hybridized carbons (Fsp3) is 0. The molecule has 3 heteroatoms. The van der Waals surface area contributed by atoms with Crippen molar-refractivity contribution in [1.29, 1.82) is 0 Å². The summed E-state index contributed by atoms with van der Waals surface area (Å²) in [7, 11) is 0. The standard InChI is InChI=1S/C38H23N3/c1-3-11-23(12-4-1)25-19-21-31-35(36-32(39-31)22-20-27-26-15-7-9-17-29(26)40-37(27)36)34(25)38-33(24-13-5-2-6-14-24)28-16-8-10-18-30(28)41-38/h1-22,41H. The maximum absolute atomic E-state index is 5.18. The number of hydrogen-bond acceptors (Lipinski definition) is 2. The zero-order chi connectivity index (χ0) is 26.9. The summed E-state index contributed by atoms with van der Waals surface area (Å²) in [5, 5.41) is 5.53. The molecule has 1 aromatic heterocycles. The van der Waals surface area contributed by atoms with Crippen molar-refractivity contribution in [3.8, 4) is 44.6 Å². The first-order valence-corrected chi connectivity index (χ1v) is 13.9. The molecule has 2 aliphatic heterocycles. The van der Waals surface area contributed by atoms with E-state index in [1.54, 1.807) is 0 Å². The first kappa shape index (κ1) is 22.3. The van der Waals surface area contributed by atoms with Crippen molar-refractivity contribution in [2.45, 2.75) is 0 Å². The Hall–Kier alpha value is -5.54. The Balaban J connectivity index is 1.46. The molecule has 6 aromatic carbocycles. The van der Waals surface area contributed by atoms with Gasteiger partial charge < -0.3 is 4.98 Å². The first-order chi connectivity index (χ1) is 20.3. The molecule has 0 spiro atoms. The van der Waals surface area contributed by atoms with Crippen LogP contribution < -0.4 is 10.7 Å². The van der Waals surface area contributed by atoms with Gasteiger partial charge in [0.25, 0.3) is 0 Å². The van der Waals surface area contributed by atoms with Gasteiger partial charge in [0.2, 0.25) is 0 Å². The maximum Gasteiger partial charge on any atom is 0.0817 e. The van der Waals surface area contributed by atoms with Gasteiger partial charge >= 0.3 is 0 Å². The topological polar surface area (TPSA) is 40.5 Å². The molecule has 0 amide bonds. The summed E-state index contributed by atoms with van der Waals surface area (Å²) in [5.41, 5.74) is 12.3. The van der Waals surface area contributed by atoms with Crippen LogP contribution in [-0.2, 0) is 0 Å². The highest BCUT2D eigenvalue weighted by Gasteiger charge is 2.29. The Morgan fingerprint density at radius 2 is 1.17 bits per heavy atom. The molecule has 1 N–H and O–H groups in total. The predicted molar refractivity (Wildman–Crippen MR) is 166 cm³/mol. The fourth-order valence-electron chi connectivity index (χ4n) is 6.59. The highest BCUT2D eigenvalue weighted by Crippen LogP contribution is 2.52. The third kappa shape index (κ3) is 3.20. The maximum atomic E-state index is 5.18. The van der Waals surface area contributed by atoms with Crippen LogP contribution in [0.3, 0.4) is 0 Å². The minimum absolute atomic E-state index is 0.971. The van der Waals surface area contributed by atoms with Crippen molar-refractivity contribution in [1.82, 2.24) is 4.98 Å². The second kappa shape index (κ2) is 8.48. The molecular formula is C38H23N3. The molecule has 0 unspecified atom stereocenters. The van der Waals surface area contributed by atoms with Crippen LogP contribution in [0.25, 0.3) is 55.5 Å². The van der Waals surface area contributed by atoms with Gasteiger partial charge in [-0.15, -0.1) is 0 Å². The minimum atomic E-state index is 0.971. The van der Waals surface area contributed by atoms with Gasteiger partial charge in [-0.1, -0.05) is 103 Å². The average Bonchev–Trinajstić information content (AvgIpc) is 3.72. The van der Waals surface area contributed by atoms with Crippen LogP contribution in [0, 0.1) is 10.4 Å². The largest absolute Gasteiger partial charge is 0.354 e. The fourth-order valence-corrected chi connectivity index (χ4v) is 6.59. The van der Waals surface area contributed by atoms with Crippen LogP contribution in [0.2, 0.25) is 0 Å². The van der Waals surface area contributed by atoms with Crippen LogP contribution in [0.1, 0.15) is 0 Å². The van der Waals surface area contributed by atoms with Crippen molar-refractivity contribution in [2.24, 2.45) is 9.98 Å². The van der Waals surface area contributed by atoms with E-state index in [2.05, 4.69) is 138 Å². The van der Waals surface area contributed by atoms with E-state index in [4.69, 9.17) is 9.98 Å². The van der Waals surface area contributed by atoms with E-state index in [1.807, 2.05) is 0 Å². The molecule has 190 valence electrons. The molecule has 41 heavy (non-hydrogen) atoms.